The fourth-order valence-corrected chi connectivity index (χ4v) is 2.41. The molecule has 2 rings (SSSR count). The van der Waals surface area contributed by atoms with E-state index in [9.17, 15) is 4.39 Å². The lowest BCUT2D eigenvalue weighted by molar-refractivity contribution is 0.242. The maximum atomic E-state index is 13.0. The van der Waals surface area contributed by atoms with Crippen LogP contribution in [0.3, 0.4) is 0 Å². The molecule has 23 heavy (non-hydrogen) atoms. The first-order chi connectivity index (χ1) is 10.9. The molecular formula is C18H21FN2OS. The molecular weight excluding hydrogens is 311 g/mol. The second-order valence-electron chi connectivity index (χ2n) is 5.57. The van der Waals surface area contributed by atoms with Crippen LogP contribution in [0.2, 0.25) is 0 Å². The van der Waals surface area contributed by atoms with Crippen LogP contribution in [0.1, 0.15) is 32.4 Å². The van der Waals surface area contributed by atoms with Gasteiger partial charge in [0.05, 0.1) is 12.1 Å². The normalized spacial score (nSPS) is 11.9. The predicted molar refractivity (Wildman–Crippen MR) is 96.4 cm³/mol. The maximum Gasteiger partial charge on any atom is 0.171 e. The third kappa shape index (κ3) is 5.53. The second-order valence-corrected chi connectivity index (χ2v) is 5.97. The van der Waals surface area contributed by atoms with Crippen molar-refractivity contribution >= 4 is 23.0 Å². The van der Waals surface area contributed by atoms with Crippen LogP contribution in [0.4, 0.5) is 10.1 Å². The molecule has 0 aliphatic carbocycles. The SMILES string of the molecule is CC(C)Oc1cccc(NC(=S)NC(C)c2ccc(F)cc2)c1. The summed E-state index contributed by atoms with van der Waals surface area (Å²) in [5.41, 5.74) is 1.82. The summed E-state index contributed by atoms with van der Waals surface area (Å²) in [6.07, 6.45) is 0.119. The molecule has 122 valence electrons. The van der Waals surface area contributed by atoms with Crippen molar-refractivity contribution in [2.24, 2.45) is 0 Å². The fourth-order valence-electron chi connectivity index (χ4n) is 2.12. The van der Waals surface area contributed by atoms with Gasteiger partial charge in [0.1, 0.15) is 11.6 Å². The summed E-state index contributed by atoms with van der Waals surface area (Å²) in [4.78, 5) is 0. The summed E-state index contributed by atoms with van der Waals surface area (Å²) < 4.78 is 18.6. The summed E-state index contributed by atoms with van der Waals surface area (Å²) >= 11 is 5.33. The number of hydrogen-bond donors (Lipinski definition) is 2. The molecule has 2 aromatic rings. The number of thiocarbonyl (C=S) groups is 1. The lowest BCUT2D eigenvalue weighted by Gasteiger charge is -2.18. The molecule has 5 heteroatoms. The van der Waals surface area contributed by atoms with E-state index in [1.165, 1.54) is 12.1 Å². The molecule has 1 unspecified atom stereocenters. The monoisotopic (exact) mass is 332 g/mol. The highest BCUT2D eigenvalue weighted by molar-refractivity contribution is 7.80. The van der Waals surface area contributed by atoms with Crippen molar-refractivity contribution < 1.29 is 9.13 Å². The minimum absolute atomic E-state index is 0.0225. The van der Waals surface area contributed by atoms with Crippen LogP contribution in [0.5, 0.6) is 5.75 Å². The quantitative estimate of drug-likeness (QED) is 0.780. The summed E-state index contributed by atoms with van der Waals surface area (Å²) in [5, 5.41) is 6.82. The Labute approximate surface area is 141 Å². The molecule has 0 aliphatic rings. The van der Waals surface area contributed by atoms with Gasteiger partial charge in [0.25, 0.3) is 0 Å². The van der Waals surface area contributed by atoms with Gasteiger partial charge in [0.2, 0.25) is 0 Å². The van der Waals surface area contributed by atoms with Crippen molar-refractivity contribution in [2.75, 3.05) is 5.32 Å². The van der Waals surface area contributed by atoms with Gasteiger partial charge < -0.3 is 15.4 Å². The van der Waals surface area contributed by atoms with Crippen LogP contribution >= 0.6 is 12.2 Å². The molecule has 0 fully saturated rings. The highest BCUT2D eigenvalue weighted by Gasteiger charge is 2.08. The molecule has 0 aliphatic heterocycles. The van der Waals surface area contributed by atoms with Crippen molar-refractivity contribution in [3.05, 3.63) is 59.9 Å². The van der Waals surface area contributed by atoms with Gasteiger partial charge in [-0.25, -0.2) is 4.39 Å². The molecule has 2 aromatic carbocycles. The van der Waals surface area contributed by atoms with Crippen molar-refractivity contribution in [1.29, 1.82) is 0 Å². The van der Waals surface area contributed by atoms with Crippen LogP contribution < -0.4 is 15.4 Å². The Morgan fingerprint density at radius 2 is 1.78 bits per heavy atom. The van der Waals surface area contributed by atoms with Crippen molar-refractivity contribution in [1.82, 2.24) is 5.32 Å². The van der Waals surface area contributed by atoms with Crippen LogP contribution in [0, 0.1) is 5.82 Å². The van der Waals surface area contributed by atoms with Gasteiger partial charge in [0, 0.05) is 11.8 Å². The Morgan fingerprint density at radius 1 is 1.09 bits per heavy atom. The first kappa shape index (κ1) is 17.2. The van der Waals surface area contributed by atoms with E-state index in [1.54, 1.807) is 12.1 Å². The van der Waals surface area contributed by atoms with E-state index in [-0.39, 0.29) is 18.0 Å². The van der Waals surface area contributed by atoms with E-state index in [2.05, 4.69) is 10.6 Å². The smallest absolute Gasteiger partial charge is 0.171 e. The van der Waals surface area contributed by atoms with Crippen molar-refractivity contribution in [3.63, 3.8) is 0 Å². The molecule has 3 nitrogen and oxygen atoms in total. The lowest BCUT2D eigenvalue weighted by atomic mass is 10.1. The number of nitrogens with one attached hydrogen (secondary N) is 2. The predicted octanol–water partition coefficient (Wildman–Crippen LogP) is 4.66. The van der Waals surface area contributed by atoms with Gasteiger partial charge in [0.15, 0.2) is 5.11 Å². The fraction of sp³-hybridized carbons (Fsp3) is 0.278. The number of anilines is 1. The van der Waals surface area contributed by atoms with E-state index >= 15 is 0 Å². The molecule has 2 N–H and O–H groups in total. The van der Waals surface area contributed by atoms with Gasteiger partial charge in [-0.3, -0.25) is 0 Å². The standard InChI is InChI=1S/C18H21FN2OS/c1-12(2)22-17-6-4-5-16(11-17)21-18(23)20-13(3)14-7-9-15(19)10-8-14/h4-13H,1-3H3,(H2,20,21,23). The second kappa shape index (κ2) is 7.92. The summed E-state index contributed by atoms with van der Waals surface area (Å²) in [6, 6.07) is 14.0. The van der Waals surface area contributed by atoms with Crippen molar-refractivity contribution in [2.45, 2.75) is 32.9 Å². The van der Waals surface area contributed by atoms with Crippen LogP contribution in [-0.2, 0) is 0 Å². The number of ether oxygens (including phenoxy) is 1. The number of halogens is 1. The Bertz CT molecular complexity index is 658. The first-order valence-corrected chi connectivity index (χ1v) is 7.94. The largest absolute Gasteiger partial charge is 0.491 e. The van der Waals surface area contributed by atoms with E-state index in [0.29, 0.717) is 5.11 Å². The molecule has 0 heterocycles. The topological polar surface area (TPSA) is 33.3 Å². The van der Waals surface area contributed by atoms with E-state index in [4.69, 9.17) is 17.0 Å². The molecule has 0 spiro atoms. The van der Waals surface area contributed by atoms with Crippen molar-refractivity contribution in [3.8, 4) is 5.75 Å². The highest BCUT2D eigenvalue weighted by Crippen LogP contribution is 2.19. The van der Waals surface area contributed by atoms with E-state index in [1.807, 2.05) is 45.0 Å². The minimum atomic E-state index is -0.247. The summed E-state index contributed by atoms with van der Waals surface area (Å²) in [6.45, 7) is 5.94. The minimum Gasteiger partial charge on any atom is -0.491 e. The molecule has 0 saturated heterocycles. The molecule has 0 amide bonds. The van der Waals surface area contributed by atoms with Gasteiger partial charge in [-0.1, -0.05) is 18.2 Å². The van der Waals surface area contributed by atoms with Crippen LogP contribution in [0.25, 0.3) is 0 Å². The van der Waals surface area contributed by atoms with Gasteiger partial charge >= 0.3 is 0 Å². The zero-order chi connectivity index (χ0) is 16.8. The molecule has 0 aromatic heterocycles. The zero-order valence-electron chi connectivity index (χ0n) is 13.5. The maximum absolute atomic E-state index is 13.0. The number of hydrogen-bond acceptors (Lipinski definition) is 2. The molecule has 0 bridgehead atoms. The van der Waals surface area contributed by atoms with Gasteiger partial charge in [-0.2, -0.15) is 0 Å². The number of benzene rings is 2. The Balaban J connectivity index is 1.95. The number of rotatable bonds is 5. The van der Waals surface area contributed by atoms with Gasteiger partial charge in [-0.15, -0.1) is 0 Å². The third-order valence-electron chi connectivity index (χ3n) is 3.18. The van der Waals surface area contributed by atoms with E-state index < -0.39 is 0 Å². The van der Waals surface area contributed by atoms with Crippen LogP contribution in [0.15, 0.2) is 48.5 Å². The average Bonchev–Trinajstić information content (AvgIpc) is 2.47. The summed E-state index contributed by atoms with van der Waals surface area (Å²) in [5.74, 6) is 0.544. The zero-order valence-corrected chi connectivity index (χ0v) is 14.3. The molecule has 0 saturated carbocycles. The highest BCUT2D eigenvalue weighted by atomic mass is 32.1. The van der Waals surface area contributed by atoms with Gasteiger partial charge in [-0.05, 0) is 62.8 Å². The first-order valence-electron chi connectivity index (χ1n) is 7.54. The average molecular weight is 332 g/mol. The third-order valence-corrected chi connectivity index (χ3v) is 3.40. The van der Waals surface area contributed by atoms with Crippen LogP contribution in [-0.4, -0.2) is 11.2 Å². The Morgan fingerprint density at radius 3 is 2.43 bits per heavy atom. The lowest BCUT2D eigenvalue weighted by Crippen LogP contribution is -2.30. The Kier molecular flexibility index (Phi) is 5.93. The molecule has 0 radical (unpaired) electrons. The van der Waals surface area contributed by atoms with E-state index in [0.717, 1.165) is 17.0 Å². The molecule has 1 atom stereocenters. The Hall–Kier alpha value is -2.14. The summed E-state index contributed by atoms with van der Waals surface area (Å²) in [7, 11) is 0.